The fraction of sp³-hybridized carbons (Fsp3) is 0.667. The van der Waals surface area contributed by atoms with E-state index in [-0.39, 0.29) is 5.54 Å². The summed E-state index contributed by atoms with van der Waals surface area (Å²) < 4.78 is 5.67. The summed E-state index contributed by atoms with van der Waals surface area (Å²) in [6, 6.07) is 11.7. The predicted octanol–water partition coefficient (Wildman–Crippen LogP) is 2.76. The van der Waals surface area contributed by atoms with E-state index >= 15 is 0 Å². The van der Waals surface area contributed by atoms with E-state index in [0.29, 0.717) is 18.0 Å². The van der Waals surface area contributed by atoms with Crippen LogP contribution in [0.3, 0.4) is 0 Å². The lowest BCUT2D eigenvalue weighted by molar-refractivity contribution is -0.0829. The summed E-state index contributed by atoms with van der Waals surface area (Å²) in [5.74, 6) is 0.648. The van der Waals surface area contributed by atoms with Gasteiger partial charge in [0.05, 0.1) is 13.2 Å². The Morgan fingerprint density at radius 3 is 2.67 bits per heavy atom. The Bertz CT molecular complexity index is 460. The third kappa shape index (κ3) is 3.15. The maximum Gasteiger partial charge on any atom is 0.0645 e. The van der Waals surface area contributed by atoms with Gasteiger partial charge >= 0.3 is 0 Å². The van der Waals surface area contributed by atoms with Gasteiger partial charge in [0, 0.05) is 24.2 Å². The van der Waals surface area contributed by atoms with Crippen LogP contribution in [0.4, 0.5) is 0 Å². The zero-order chi connectivity index (χ0) is 14.9. The molecule has 21 heavy (non-hydrogen) atoms. The topological polar surface area (TPSA) is 38.5 Å². The van der Waals surface area contributed by atoms with Gasteiger partial charge in [-0.2, -0.15) is 0 Å². The third-order valence-corrected chi connectivity index (χ3v) is 5.25. The molecule has 3 atom stereocenters. The second-order valence-corrected chi connectivity index (χ2v) is 7.21. The fourth-order valence-electron chi connectivity index (χ4n) is 4.04. The van der Waals surface area contributed by atoms with Gasteiger partial charge in [-0.3, -0.25) is 4.90 Å². The van der Waals surface area contributed by atoms with Crippen LogP contribution in [0, 0.1) is 0 Å². The van der Waals surface area contributed by atoms with Gasteiger partial charge in [-0.1, -0.05) is 30.3 Å². The summed E-state index contributed by atoms with van der Waals surface area (Å²) in [4.78, 5) is 2.61. The van der Waals surface area contributed by atoms with Crippen molar-refractivity contribution in [3.05, 3.63) is 35.9 Å². The minimum atomic E-state index is 0.0963. The Balaban J connectivity index is 1.77. The minimum absolute atomic E-state index is 0.0963. The predicted molar refractivity (Wildman–Crippen MR) is 86.4 cm³/mol. The first kappa shape index (κ1) is 15.0. The highest BCUT2D eigenvalue weighted by Gasteiger charge is 2.40. The van der Waals surface area contributed by atoms with Crippen LogP contribution in [0.2, 0.25) is 0 Å². The summed E-state index contributed by atoms with van der Waals surface area (Å²) in [5.41, 5.74) is 8.06. The monoisotopic (exact) mass is 288 g/mol. The lowest BCUT2D eigenvalue weighted by atomic mass is 9.77. The smallest absolute Gasteiger partial charge is 0.0645 e. The molecule has 116 valence electrons. The fourth-order valence-corrected chi connectivity index (χ4v) is 4.04. The van der Waals surface area contributed by atoms with Gasteiger partial charge < -0.3 is 10.5 Å². The normalized spacial score (nSPS) is 33.8. The summed E-state index contributed by atoms with van der Waals surface area (Å²) in [6.07, 6.45) is 3.51. The Labute approximate surface area is 128 Å². The van der Waals surface area contributed by atoms with Gasteiger partial charge in [-0.15, -0.1) is 0 Å². The van der Waals surface area contributed by atoms with Crippen LogP contribution in [0.25, 0.3) is 0 Å². The van der Waals surface area contributed by atoms with Gasteiger partial charge in [-0.05, 0) is 44.6 Å². The van der Waals surface area contributed by atoms with Crippen LogP contribution < -0.4 is 5.73 Å². The molecule has 1 aliphatic heterocycles. The van der Waals surface area contributed by atoms with Gasteiger partial charge in [-0.25, -0.2) is 0 Å². The summed E-state index contributed by atoms with van der Waals surface area (Å²) in [5, 5.41) is 0. The first-order valence-electron chi connectivity index (χ1n) is 8.23. The SMILES string of the molecule is CC1(C)COCCN1C1CC(c2ccccc2)CCC1N. The number of ether oxygens (including phenoxy) is 1. The largest absolute Gasteiger partial charge is 0.378 e. The van der Waals surface area contributed by atoms with E-state index < -0.39 is 0 Å². The zero-order valence-corrected chi connectivity index (χ0v) is 13.3. The number of benzene rings is 1. The van der Waals surface area contributed by atoms with E-state index in [1.165, 1.54) is 18.4 Å². The third-order valence-electron chi connectivity index (χ3n) is 5.25. The molecule has 0 radical (unpaired) electrons. The molecule has 0 amide bonds. The molecule has 0 bridgehead atoms. The van der Waals surface area contributed by atoms with Gasteiger partial charge in [0.2, 0.25) is 0 Å². The highest BCUT2D eigenvalue weighted by molar-refractivity contribution is 5.21. The van der Waals surface area contributed by atoms with Crippen molar-refractivity contribution in [2.75, 3.05) is 19.8 Å². The molecular formula is C18H28N2O. The van der Waals surface area contributed by atoms with Crippen LogP contribution >= 0.6 is 0 Å². The van der Waals surface area contributed by atoms with Crippen molar-refractivity contribution in [1.29, 1.82) is 0 Å². The number of hydrogen-bond acceptors (Lipinski definition) is 3. The molecule has 3 unspecified atom stereocenters. The van der Waals surface area contributed by atoms with Crippen LogP contribution in [-0.4, -0.2) is 42.3 Å². The molecule has 1 aromatic rings. The molecule has 1 aliphatic carbocycles. The molecule has 2 N–H and O–H groups in total. The molecule has 1 saturated carbocycles. The van der Waals surface area contributed by atoms with Gasteiger partial charge in [0.1, 0.15) is 0 Å². The van der Waals surface area contributed by atoms with Crippen LogP contribution in [0.1, 0.15) is 44.6 Å². The van der Waals surface area contributed by atoms with E-state index in [4.69, 9.17) is 10.5 Å². The van der Waals surface area contributed by atoms with Gasteiger partial charge in [0.15, 0.2) is 0 Å². The molecule has 0 spiro atoms. The number of morpholine rings is 1. The first-order chi connectivity index (χ1) is 10.1. The summed E-state index contributed by atoms with van der Waals surface area (Å²) >= 11 is 0. The molecule has 1 heterocycles. The van der Waals surface area contributed by atoms with E-state index in [9.17, 15) is 0 Å². The van der Waals surface area contributed by atoms with Crippen molar-refractivity contribution >= 4 is 0 Å². The van der Waals surface area contributed by atoms with E-state index in [1.54, 1.807) is 0 Å². The number of nitrogens with zero attached hydrogens (tertiary/aromatic N) is 1. The van der Waals surface area contributed by atoms with Crippen molar-refractivity contribution in [3.8, 4) is 0 Å². The van der Waals surface area contributed by atoms with E-state index in [2.05, 4.69) is 49.1 Å². The van der Waals surface area contributed by atoms with Gasteiger partial charge in [0.25, 0.3) is 0 Å². The van der Waals surface area contributed by atoms with Crippen molar-refractivity contribution in [2.45, 2.75) is 56.7 Å². The molecule has 1 aromatic carbocycles. The molecule has 3 rings (SSSR count). The van der Waals surface area contributed by atoms with Crippen LogP contribution in [-0.2, 0) is 4.74 Å². The highest BCUT2D eigenvalue weighted by Crippen LogP contribution is 2.37. The molecule has 0 aromatic heterocycles. The summed E-state index contributed by atoms with van der Waals surface area (Å²) in [7, 11) is 0. The molecular weight excluding hydrogens is 260 g/mol. The standard InChI is InChI=1S/C18H28N2O/c1-18(2)13-21-11-10-20(18)17-12-15(8-9-16(17)19)14-6-4-3-5-7-14/h3-7,15-17H,8-13,19H2,1-2H3. The Hall–Kier alpha value is -0.900. The zero-order valence-electron chi connectivity index (χ0n) is 13.3. The Morgan fingerprint density at radius 1 is 1.19 bits per heavy atom. The molecule has 2 fully saturated rings. The quantitative estimate of drug-likeness (QED) is 0.909. The molecule has 1 saturated heterocycles. The van der Waals surface area contributed by atoms with Crippen LogP contribution in [0.15, 0.2) is 30.3 Å². The number of rotatable bonds is 2. The van der Waals surface area contributed by atoms with Crippen molar-refractivity contribution in [3.63, 3.8) is 0 Å². The number of hydrogen-bond donors (Lipinski definition) is 1. The highest BCUT2D eigenvalue weighted by atomic mass is 16.5. The molecule has 3 nitrogen and oxygen atoms in total. The number of nitrogens with two attached hydrogens (primary N) is 1. The lowest BCUT2D eigenvalue weighted by Gasteiger charge is -2.51. The van der Waals surface area contributed by atoms with Crippen molar-refractivity contribution < 1.29 is 4.74 Å². The Morgan fingerprint density at radius 2 is 1.95 bits per heavy atom. The summed E-state index contributed by atoms with van der Waals surface area (Å²) in [6.45, 7) is 7.22. The first-order valence-corrected chi connectivity index (χ1v) is 8.23. The van der Waals surface area contributed by atoms with E-state index in [1.807, 2.05) is 0 Å². The second-order valence-electron chi connectivity index (χ2n) is 7.21. The average molecular weight is 288 g/mol. The van der Waals surface area contributed by atoms with Crippen LogP contribution in [0.5, 0.6) is 0 Å². The minimum Gasteiger partial charge on any atom is -0.378 e. The lowest BCUT2D eigenvalue weighted by Crippen LogP contribution is -2.62. The van der Waals surface area contributed by atoms with Crippen molar-refractivity contribution in [2.24, 2.45) is 5.73 Å². The molecule has 3 heteroatoms. The maximum absolute atomic E-state index is 6.49. The maximum atomic E-state index is 6.49. The Kier molecular flexibility index (Phi) is 4.34. The average Bonchev–Trinajstić information content (AvgIpc) is 2.49. The van der Waals surface area contributed by atoms with E-state index in [0.717, 1.165) is 26.2 Å². The second kappa shape index (κ2) is 6.07. The molecule has 2 aliphatic rings. The van der Waals surface area contributed by atoms with Crippen molar-refractivity contribution in [1.82, 2.24) is 4.90 Å².